The molecule has 0 atom stereocenters. The lowest BCUT2D eigenvalue weighted by Crippen LogP contribution is -2.11. The van der Waals surface area contributed by atoms with Crippen LogP contribution in [0.5, 0.6) is 5.75 Å². The van der Waals surface area contributed by atoms with E-state index >= 15 is 0 Å². The maximum atomic E-state index is 11.7. The van der Waals surface area contributed by atoms with Gasteiger partial charge in [0, 0.05) is 0 Å². The van der Waals surface area contributed by atoms with Crippen LogP contribution in [-0.2, 0) is 14.3 Å². The molecule has 0 fully saturated rings. The summed E-state index contributed by atoms with van der Waals surface area (Å²) in [6.45, 7) is 0. The predicted molar refractivity (Wildman–Crippen MR) is 78.5 cm³/mol. The molecular weight excluding hydrogens is 324 g/mol. The SMILES string of the molecule is COC(=O)CCC(=O)Oc1ccc2ccccc2c1Br. The fraction of sp³-hybridized carbons (Fsp3) is 0.200. The molecule has 0 radical (unpaired) electrons. The lowest BCUT2D eigenvalue weighted by molar-refractivity contribution is -0.144. The molecule has 0 N–H and O–H groups in total. The van der Waals surface area contributed by atoms with Crippen LogP contribution >= 0.6 is 15.9 Å². The zero-order chi connectivity index (χ0) is 14.5. The van der Waals surface area contributed by atoms with Crippen molar-refractivity contribution in [3.63, 3.8) is 0 Å². The van der Waals surface area contributed by atoms with Gasteiger partial charge in [-0.25, -0.2) is 0 Å². The number of fused-ring (bicyclic) bond motifs is 1. The van der Waals surface area contributed by atoms with Crippen LogP contribution in [0.3, 0.4) is 0 Å². The largest absolute Gasteiger partial charge is 0.469 e. The molecule has 0 aliphatic rings. The third-order valence-electron chi connectivity index (χ3n) is 2.81. The number of rotatable bonds is 4. The summed E-state index contributed by atoms with van der Waals surface area (Å²) in [5, 5.41) is 2.01. The number of hydrogen-bond acceptors (Lipinski definition) is 4. The van der Waals surface area contributed by atoms with E-state index in [1.807, 2.05) is 30.3 Å². The minimum Gasteiger partial charge on any atom is -0.469 e. The Morgan fingerprint density at radius 3 is 2.50 bits per heavy atom. The van der Waals surface area contributed by atoms with E-state index in [0.29, 0.717) is 5.75 Å². The van der Waals surface area contributed by atoms with E-state index in [-0.39, 0.29) is 12.8 Å². The van der Waals surface area contributed by atoms with Crippen LogP contribution in [0.25, 0.3) is 10.8 Å². The van der Waals surface area contributed by atoms with E-state index in [9.17, 15) is 9.59 Å². The van der Waals surface area contributed by atoms with Crippen LogP contribution < -0.4 is 4.74 Å². The molecule has 0 unspecified atom stereocenters. The van der Waals surface area contributed by atoms with Gasteiger partial charge in [0.15, 0.2) is 0 Å². The van der Waals surface area contributed by atoms with Crippen molar-refractivity contribution in [2.24, 2.45) is 0 Å². The van der Waals surface area contributed by atoms with Gasteiger partial charge in [0.25, 0.3) is 0 Å². The lowest BCUT2D eigenvalue weighted by atomic mass is 10.1. The van der Waals surface area contributed by atoms with Crippen molar-refractivity contribution in [2.75, 3.05) is 7.11 Å². The van der Waals surface area contributed by atoms with E-state index in [0.717, 1.165) is 15.2 Å². The van der Waals surface area contributed by atoms with E-state index in [4.69, 9.17) is 4.74 Å². The normalized spacial score (nSPS) is 10.3. The number of methoxy groups -OCH3 is 1. The molecule has 0 aromatic heterocycles. The molecule has 2 rings (SSSR count). The Hall–Kier alpha value is -1.88. The smallest absolute Gasteiger partial charge is 0.311 e. The summed E-state index contributed by atoms with van der Waals surface area (Å²) in [4.78, 5) is 22.6. The van der Waals surface area contributed by atoms with E-state index in [1.165, 1.54) is 7.11 Å². The number of halogens is 1. The quantitative estimate of drug-likeness (QED) is 0.633. The summed E-state index contributed by atoms with van der Waals surface area (Å²) in [6, 6.07) is 11.4. The highest BCUT2D eigenvalue weighted by Crippen LogP contribution is 2.33. The maximum Gasteiger partial charge on any atom is 0.311 e. The van der Waals surface area contributed by atoms with Crippen molar-refractivity contribution in [1.29, 1.82) is 0 Å². The highest BCUT2D eigenvalue weighted by atomic mass is 79.9. The lowest BCUT2D eigenvalue weighted by Gasteiger charge is -2.08. The van der Waals surface area contributed by atoms with Crippen molar-refractivity contribution >= 4 is 38.6 Å². The van der Waals surface area contributed by atoms with Crippen LogP contribution in [0.4, 0.5) is 0 Å². The summed E-state index contributed by atoms with van der Waals surface area (Å²) in [7, 11) is 1.29. The second-order valence-corrected chi connectivity index (χ2v) is 4.94. The molecule has 104 valence electrons. The molecule has 0 saturated carbocycles. The first-order chi connectivity index (χ1) is 9.61. The first-order valence-electron chi connectivity index (χ1n) is 6.06. The van der Waals surface area contributed by atoms with Gasteiger partial charge in [-0.15, -0.1) is 0 Å². The van der Waals surface area contributed by atoms with Crippen molar-refractivity contribution < 1.29 is 19.1 Å². The first-order valence-corrected chi connectivity index (χ1v) is 6.86. The molecule has 20 heavy (non-hydrogen) atoms. The Morgan fingerprint density at radius 1 is 1.05 bits per heavy atom. The van der Waals surface area contributed by atoms with Gasteiger partial charge < -0.3 is 9.47 Å². The molecule has 0 saturated heterocycles. The van der Waals surface area contributed by atoms with Crippen molar-refractivity contribution in [1.82, 2.24) is 0 Å². The molecule has 0 amide bonds. The molecule has 4 nitrogen and oxygen atoms in total. The van der Waals surface area contributed by atoms with Crippen LogP contribution in [0, 0.1) is 0 Å². The monoisotopic (exact) mass is 336 g/mol. The molecule has 0 heterocycles. The molecule has 0 aliphatic carbocycles. The Morgan fingerprint density at radius 2 is 1.75 bits per heavy atom. The molecule has 0 spiro atoms. The molecule has 2 aromatic carbocycles. The van der Waals surface area contributed by atoms with Gasteiger partial charge in [-0.3, -0.25) is 9.59 Å². The van der Waals surface area contributed by atoms with E-state index in [1.54, 1.807) is 6.07 Å². The van der Waals surface area contributed by atoms with Gasteiger partial charge in [0.05, 0.1) is 24.4 Å². The number of esters is 2. The summed E-state index contributed by atoms with van der Waals surface area (Å²) in [5.74, 6) is -0.454. The Kier molecular flexibility index (Phi) is 4.74. The first kappa shape index (κ1) is 14.5. The number of benzene rings is 2. The summed E-state index contributed by atoms with van der Waals surface area (Å²) in [6.07, 6.45) is 0.00642. The maximum absolute atomic E-state index is 11.7. The fourth-order valence-corrected chi connectivity index (χ4v) is 2.35. The standard InChI is InChI=1S/C15H13BrO4/c1-19-13(17)8-9-14(18)20-12-7-6-10-4-2-3-5-11(10)15(12)16/h2-7H,8-9H2,1H3. The predicted octanol–water partition coefficient (Wildman–Crippen LogP) is 3.46. The number of hydrogen-bond donors (Lipinski definition) is 0. The molecule has 0 bridgehead atoms. The zero-order valence-electron chi connectivity index (χ0n) is 10.9. The Labute approximate surface area is 124 Å². The zero-order valence-corrected chi connectivity index (χ0v) is 12.5. The van der Waals surface area contributed by atoms with Gasteiger partial charge in [0.2, 0.25) is 0 Å². The van der Waals surface area contributed by atoms with Gasteiger partial charge in [0.1, 0.15) is 5.75 Å². The number of carbonyl (C=O) groups excluding carboxylic acids is 2. The Bertz CT molecular complexity index is 651. The molecular formula is C15H13BrO4. The minimum atomic E-state index is -0.466. The van der Waals surface area contributed by atoms with Gasteiger partial charge in [-0.05, 0) is 32.8 Å². The van der Waals surface area contributed by atoms with E-state index in [2.05, 4.69) is 20.7 Å². The third-order valence-corrected chi connectivity index (χ3v) is 3.63. The molecule has 5 heteroatoms. The average Bonchev–Trinajstić information content (AvgIpc) is 2.48. The second kappa shape index (κ2) is 6.52. The van der Waals surface area contributed by atoms with Gasteiger partial charge >= 0.3 is 11.9 Å². The summed E-state index contributed by atoms with van der Waals surface area (Å²) >= 11 is 3.44. The summed E-state index contributed by atoms with van der Waals surface area (Å²) in [5.41, 5.74) is 0. The topological polar surface area (TPSA) is 52.6 Å². The van der Waals surface area contributed by atoms with Crippen molar-refractivity contribution in [3.05, 3.63) is 40.9 Å². The van der Waals surface area contributed by atoms with Gasteiger partial charge in [-0.1, -0.05) is 30.3 Å². The minimum absolute atomic E-state index is 0.00800. The van der Waals surface area contributed by atoms with Crippen molar-refractivity contribution in [2.45, 2.75) is 12.8 Å². The average molecular weight is 337 g/mol. The molecule has 0 aliphatic heterocycles. The van der Waals surface area contributed by atoms with Gasteiger partial charge in [-0.2, -0.15) is 0 Å². The van der Waals surface area contributed by atoms with Crippen molar-refractivity contribution in [3.8, 4) is 5.75 Å². The highest BCUT2D eigenvalue weighted by Gasteiger charge is 2.12. The fourth-order valence-electron chi connectivity index (χ4n) is 1.77. The van der Waals surface area contributed by atoms with Crippen LogP contribution in [0.1, 0.15) is 12.8 Å². The van der Waals surface area contributed by atoms with E-state index < -0.39 is 11.9 Å². The summed E-state index contributed by atoms with van der Waals surface area (Å²) < 4.78 is 10.5. The van der Waals surface area contributed by atoms with Crippen LogP contribution in [0.15, 0.2) is 40.9 Å². The molecule has 2 aromatic rings. The van der Waals surface area contributed by atoms with Crippen LogP contribution in [-0.4, -0.2) is 19.0 Å². The number of carbonyl (C=O) groups is 2. The third kappa shape index (κ3) is 3.36. The number of ether oxygens (including phenoxy) is 2. The Balaban J connectivity index is 2.12. The van der Waals surface area contributed by atoms with Crippen LogP contribution in [0.2, 0.25) is 0 Å². The second-order valence-electron chi connectivity index (χ2n) is 4.15. The highest BCUT2D eigenvalue weighted by molar-refractivity contribution is 9.10.